The first kappa shape index (κ1) is 21.9. The lowest BCUT2D eigenvalue weighted by Gasteiger charge is -2.27. The number of pyridine rings is 1. The first-order chi connectivity index (χ1) is 16.4. The van der Waals surface area contributed by atoms with E-state index in [0.29, 0.717) is 30.5 Å². The average Bonchev–Trinajstić information content (AvgIpc) is 3.47. The van der Waals surface area contributed by atoms with Crippen LogP contribution >= 0.6 is 0 Å². The lowest BCUT2D eigenvalue weighted by molar-refractivity contribution is -0.120. The molecular formula is C25H21F3N4O2. The minimum absolute atomic E-state index is 0.0905. The molecule has 174 valence electrons. The second-order valence-corrected chi connectivity index (χ2v) is 8.35. The molecule has 0 unspecified atom stereocenters. The molecule has 2 aliphatic heterocycles. The average molecular weight is 466 g/mol. The summed E-state index contributed by atoms with van der Waals surface area (Å²) >= 11 is 0. The summed E-state index contributed by atoms with van der Waals surface area (Å²) in [4.78, 5) is 32.1. The SMILES string of the molecule is O=C1NCC[C@H]1N(C(=O)c1cccc2c1CCN2)c1cc(Cc2cc(F)c(F)c(F)c2)ccn1. The number of aromatic nitrogens is 1. The van der Waals surface area contributed by atoms with Gasteiger partial charge in [-0.15, -0.1) is 0 Å². The van der Waals surface area contributed by atoms with Crippen molar-refractivity contribution in [1.82, 2.24) is 10.3 Å². The van der Waals surface area contributed by atoms with Crippen LogP contribution in [0.5, 0.6) is 0 Å². The normalized spacial score (nSPS) is 16.7. The van der Waals surface area contributed by atoms with Crippen molar-refractivity contribution < 1.29 is 22.8 Å². The molecule has 5 rings (SSSR count). The van der Waals surface area contributed by atoms with Crippen molar-refractivity contribution in [1.29, 1.82) is 0 Å². The molecule has 2 aromatic carbocycles. The summed E-state index contributed by atoms with van der Waals surface area (Å²) in [5.41, 5.74) is 3.12. The van der Waals surface area contributed by atoms with Crippen LogP contribution in [0.2, 0.25) is 0 Å². The number of anilines is 2. The summed E-state index contributed by atoms with van der Waals surface area (Å²) in [5.74, 6) is -4.41. The molecule has 2 N–H and O–H groups in total. The van der Waals surface area contributed by atoms with Crippen LogP contribution in [0, 0.1) is 17.5 Å². The smallest absolute Gasteiger partial charge is 0.260 e. The van der Waals surface area contributed by atoms with E-state index in [2.05, 4.69) is 15.6 Å². The number of hydrogen-bond acceptors (Lipinski definition) is 4. The van der Waals surface area contributed by atoms with Crippen LogP contribution in [0.25, 0.3) is 0 Å². The number of nitrogens with zero attached hydrogens (tertiary/aromatic N) is 2. The highest BCUT2D eigenvalue weighted by Crippen LogP contribution is 2.30. The monoisotopic (exact) mass is 466 g/mol. The predicted molar refractivity (Wildman–Crippen MR) is 120 cm³/mol. The molecule has 9 heteroatoms. The van der Waals surface area contributed by atoms with Gasteiger partial charge >= 0.3 is 0 Å². The van der Waals surface area contributed by atoms with Gasteiger partial charge < -0.3 is 10.6 Å². The second kappa shape index (κ2) is 8.81. The highest BCUT2D eigenvalue weighted by molar-refractivity contribution is 6.11. The van der Waals surface area contributed by atoms with Gasteiger partial charge in [-0.05, 0) is 72.4 Å². The van der Waals surface area contributed by atoms with Crippen molar-refractivity contribution >= 4 is 23.3 Å². The van der Waals surface area contributed by atoms with Crippen molar-refractivity contribution in [2.45, 2.75) is 25.3 Å². The number of hydrogen-bond donors (Lipinski definition) is 2. The third-order valence-electron chi connectivity index (χ3n) is 6.16. The number of amides is 2. The van der Waals surface area contributed by atoms with Crippen molar-refractivity contribution in [3.63, 3.8) is 0 Å². The molecule has 0 spiro atoms. The van der Waals surface area contributed by atoms with E-state index in [4.69, 9.17) is 0 Å². The lowest BCUT2D eigenvalue weighted by Crippen LogP contribution is -2.45. The number of carbonyl (C=O) groups is 2. The van der Waals surface area contributed by atoms with E-state index in [1.54, 1.807) is 24.3 Å². The van der Waals surface area contributed by atoms with E-state index < -0.39 is 23.5 Å². The van der Waals surface area contributed by atoms with E-state index in [1.807, 2.05) is 6.07 Å². The molecule has 3 aromatic rings. The molecule has 1 fully saturated rings. The van der Waals surface area contributed by atoms with Crippen LogP contribution in [-0.4, -0.2) is 35.9 Å². The second-order valence-electron chi connectivity index (χ2n) is 8.35. The maximum Gasteiger partial charge on any atom is 0.260 e. The number of carbonyl (C=O) groups excluding carboxylic acids is 2. The first-order valence-corrected chi connectivity index (χ1v) is 11.0. The minimum atomic E-state index is -1.52. The highest BCUT2D eigenvalue weighted by Gasteiger charge is 2.37. The van der Waals surface area contributed by atoms with E-state index in [-0.39, 0.29) is 29.6 Å². The zero-order valence-electron chi connectivity index (χ0n) is 18.1. The Balaban J connectivity index is 1.52. The van der Waals surface area contributed by atoms with Crippen LogP contribution in [0.1, 0.15) is 33.5 Å². The van der Waals surface area contributed by atoms with Crippen molar-refractivity contribution in [3.05, 3.63) is 88.4 Å². The Morgan fingerprint density at radius 3 is 2.56 bits per heavy atom. The van der Waals surface area contributed by atoms with E-state index in [1.165, 1.54) is 11.1 Å². The van der Waals surface area contributed by atoms with E-state index in [0.717, 1.165) is 29.9 Å². The number of rotatable bonds is 5. The van der Waals surface area contributed by atoms with Crippen LogP contribution in [0.3, 0.4) is 0 Å². The Hall–Kier alpha value is -3.88. The van der Waals surface area contributed by atoms with Gasteiger partial charge in [-0.2, -0.15) is 0 Å². The summed E-state index contributed by atoms with van der Waals surface area (Å²) in [5, 5.41) is 6.01. The summed E-state index contributed by atoms with van der Waals surface area (Å²) in [6, 6.07) is 9.83. The fraction of sp³-hybridized carbons (Fsp3) is 0.240. The fourth-order valence-corrected chi connectivity index (χ4v) is 4.55. The third kappa shape index (κ3) is 3.98. The molecule has 1 saturated heterocycles. The summed E-state index contributed by atoms with van der Waals surface area (Å²) in [6.07, 6.45) is 2.69. The summed E-state index contributed by atoms with van der Waals surface area (Å²) < 4.78 is 40.7. The van der Waals surface area contributed by atoms with Crippen molar-refractivity contribution in [3.8, 4) is 0 Å². The molecule has 2 aliphatic rings. The van der Waals surface area contributed by atoms with Gasteiger partial charge in [0.05, 0.1) is 0 Å². The van der Waals surface area contributed by atoms with E-state index >= 15 is 0 Å². The highest BCUT2D eigenvalue weighted by atomic mass is 19.2. The van der Waals surface area contributed by atoms with Gasteiger partial charge in [-0.3, -0.25) is 14.5 Å². The Bertz CT molecular complexity index is 1270. The van der Waals surface area contributed by atoms with Gasteiger partial charge in [0.2, 0.25) is 5.91 Å². The number of fused-ring (bicyclic) bond motifs is 1. The van der Waals surface area contributed by atoms with Crippen molar-refractivity contribution in [2.24, 2.45) is 0 Å². The maximum absolute atomic E-state index is 13.8. The summed E-state index contributed by atoms with van der Waals surface area (Å²) in [6.45, 7) is 1.16. The molecule has 1 atom stereocenters. The van der Waals surface area contributed by atoms with Gasteiger partial charge in [-0.25, -0.2) is 18.2 Å². The largest absolute Gasteiger partial charge is 0.384 e. The maximum atomic E-state index is 13.8. The minimum Gasteiger partial charge on any atom is -0.384 e. The fourth-order valence-electron chi connectivity index (χ4n) is 4.55. The quantitative estimate of drug-likeness (QED) is 0.564. The van der Waals surface area contributed by atoms with Gasteiger partial charge in [0.15, 0.2) is 17.5 Å². The van der Waals surface area contributed by atoms with Crippen LogP contribution in [0.4, 0.5) is 24.7 Å². The number of nitrogens with one attached hydrogen (secondary N) is 2. The Labute approximate surface area is 193 Å². The predicted octanol–water partition coefficient (Wildman–Crippen LogP) is 3.59. The van der Waals surface area contributed by atoms with Crippen LogP contribution < -0.4 is 15.5 Å². The molecule has 1 aromatic heterocycles. The van der Waals surface area contributed by atoms with E-state index in [9.17, 15) is 22.8 Å². The molecule has 6 nitrogen and oxygen atoms in total. The van der Waals surface area contributed by atoms with Crippen molar-refractivity contribution in [2.75, 3.05) is 23.3 Å². The van der Waals surface area contributed by atoms with Crippen LogP contribution in [0.15, 0.2) is 48.7 Å². The van der Waals surface area contributed by atoms with Gasteiger partial charge in [0.25, 0.3) is 5.91 Å². The van der Waals surface area contributed by atoms with Gasteiger partial charge in [0, 0.05) is 30.5 Å². The molecule has 0 saturated carbocycles. The summed E-state index contributed by atoms with van der Waals surface area (Å²) in [7, 11) is 0. The lowest BCUT2D eigenvalue weighted by atomic mass is 10.0. The third-order valence-corrected chi connectivity index (χ3v) is 6.16. The number of halogens is 3. The zero-order chi connectivity index (χ0) is 23.8. The Kier molecular flexibility index (Phi) is 5.69. The molecular weight excluding hydrogens is 445 g/mol. The van der Waals surface area contributed by atoms with Gasteiger partial charge in [0.1, 0.15) is 11.9 Å². The van der Waals surface area contributed by atoms with Gasteiger partial charge in [-0.1, -0.05) is 6.07 Å². The first-order valence-electron chi connectivity index (χ1n) is 11.0. The topological polar surface area (TPSA) is 74.3 Å². The Morgan fingerprint density at radius 2 is 1.82 bits per heavy atom. The van der Waals surface area contributed by atoms with Crippen LogP contribution in [-0.2, 0) is 17.6 Å². The molecule has 0 aliphatic carbocycles. The standard InChI is InChI=1S/C25H21F3N4O2/c26-18-11-15(12-19(27)23(18)28)10-14-4-7-30-22(13-14)32(21-6-9-31-24(21)33)25(34)17-2-1-3-20-16(17)5-8-29-20/h1-4,7,11-13,21,29H,5-6,8-10H2,(H,31,33)/t21-/m1/s1. The Morgan fingerprint density at radius 1 is 1.03 bits per heavy atom. The molecule has 0 bridgehead atoms. The molecule has 0 radical (unpaired) electrons. The molecule has 34 heavy (non-hydrogen) atoms. The molecule has 2 amide bonds. The molecule has 3 heterocycles. The number of benzene rings is 2. The zero-order valence-corrected chi connectivity index (χ0v) is 18.1.